The highest BCUT2D eigenvalue weighted by Gasteiger charge is 2.23. The van der Waals surface area contributed by atoms with E-state index in [1.807, 2.05) is 24.8 Å². The third-order valence-electron chi connectivity index (χ3n) is 10.1. The van der Waals surface area contributed by atoms with E-state index in [9.17, 15) is 0 Å². The van der Waals surface area contributed by atoms with Crippen molar-refractivity contribution in [1.29, 1.82) is 0 Å². The molecule has 1 aliphatic rings. The van der Waals surface area contributed by atoms with Crippen LogP contribution in [-0.4, -0.2) is 19.5 Å². The molecule has 0 bridgehead atoms. The molecule has 0 aliphatic heterocycles. The molecular weight excluding hydrogens is 597 g/mol. The summed E-state index contributed by atoms with van der Waals surface area (Å²) >= 11 is 0. The minimum Gasteiger partial charge on any atom is -0.295 e. The summed E-state index contributed by atoms with van der Waals surface area (Å²) in [5.74, 6) is 1.01. The van der Waals surface area contributed by atoms with E-state index in [4.69, 9.17) is 4.98 Å². The first-order chi connectivity index (χ1) is 24.2. The number of pyridine rings is 2. The SMILES string of the molecule is CCCCC1=CC=C(n2c(-c3ccc(CCCC)cc3)nc3c4cc(-c5ccncc5)ccc4c4ccc(-c5ccncc5)cc4c32)CC1. The van der Waals surface area contributed by atoms with Gasteiger partial charge in [0.25, 0.3) is 0 Å². The molecule has 0 atom stereocenters. The second-order valence-electron chi connectivity index (χ2n) is 13.3. The van der Waals surface area contributed by atoms with Crippen LogP contribution < -0.4 is 0 Å². The lowest BCUT2D eigenvalue weighted by molar-refractivity contribution is 0.747. The van der Waals surface area contributed by atoms with Crippen molar-refractivity contribution in [3.05, 3.63) is 133 Å². The second-order valence-corrected chi connectivity index (χ2v) is 13.3. The molecule has 0 saturated heterocycles. The Labute approximate surface area is 288 Å². The van der Waals surface area contributed by atoms with Crippen molar-refractivity contribution in [2.24, 2.45) is 0 Å². The molecule has 0 radical (unpaired) electrons. The fourth-order valence-electron chi connectivity index (χ4n) is 7.40. The van der Waals surface area contributed by atoms with Gasteiger partial charge in [-0.2, -0.15) is 0 Å². The van der Waals surface area contributed by atoms with E-state index < -0.39 is 0 Å². The number of allylic oxidation sites excluding steroid dienone is 4. The highest BCUT2D eigenvalue weighted by molar-refractivity contribution is 6.25. The molecule has 4 nitrogen and oxygen atoms in total. The molecule has 0 N–H and O–H groups in total. The molecule has 0 unspecified atom stereocenters. The molecule has 0 fully saturated rings. The summed E-state index contributed by atoms with van der Waals surface area (Å²) in [5, 5.41) is 4.84. The first kappa shape index (κ1) is 31.0. The van der Waals surface area contributed by atoms with Crippen LogP contribution in [0.4, 0.5) is 0 Å². The van der Waals surface area contributed by atoms with E-state index in [2.05, 4.69) is 125 Å². The van der Waals surface area contributed by atoms with E-state index in [-0.39, 0.29) is 0 Å². The lowest BCUT2D eigenvalue weighted by Gasteiger charge is -2.20. The highest BCUT2D eigenvalue weighted by atomic mass is 15.1. The molecular formula is C45H42N4. The average Bonchev–Trinajstić information content (AvgIpc) is 3.58. The van der Waals surface area contributed by atoms with Gasteiger partial charge in [-0.25, -0.2) is 4.98 Å². The predicted octanol–water partition coefficient (Wildman–Crippen LogP) is 12.2. The largest absolute Gasteiger partial charge is 0.295 e. The van der Waals surface area contributed by atoms with Crippen LogP contribution in [0.1, 0.15) is 64.4 Å². The van der Waals surface area contributed by atoms with Gasteiger partial charge in [0.2, 0.25) is 0 Å². The number of imidazole rings is 1. The monoisotopic (exact) mass is 638 g/mol. The Bertz CT molecular complexity index is 2330. The molecule has 49 heavy (non-hydrogen) atoms. The first-order valence-corrected chi connectivity index (χ1v) is 17.9. The fourth-order valence-corrected chi connectivity index (χ4v) is 7.40. The minimum atomic E-state index is 0.989. The van der Waals surface area contributed by atoms with Crippen molar-refractivity contribution < 1.29 is 0 Å². The zero-order valence-corrected chi connectivity index (χ0v) is 28.5. The van der Waals surface area contributed by atoms with Crippen molar-refractivity contribution in [2.45, 2.75) is 65.2 Å². The molecule has 0 spiro atoms. The Morgan fingerprint density at radius 2 is 1.14 bits per heavy atom. The second kappa shape index (κ2) is 13.6. The fraction of sp³-hybridized carbons (Fsp3) is 0.222. The van der Waals surface area contributed by atoms with Crippen molar-refractivity contribution in [1.82, 2.24) is 19.5 Å². The summed E-state index contributed by atoms with van der Waals surface area (Å²) in [4.78, 5) is 14.2. The van der Waals surface area contributed by atoms with Crippen molar-refractivity contribution >= 4 is 38.3 Å². The number of benzene rings is 4. The van der Waals surface area contributed by atoms with Gasteiger partial charge < -0.3 is 0 Å². The first-order valence-electron chi connectivity index (χ1n) is 17.9. The van der Waals surface area contributed by atoms with Gasteiger partial charge in [-0.05, 0) is 120 Å². The Morgan fingerprint density at radius 1 is 0.551 bits per heavy atom. The Morgan fingerprint density at radius 3 is 1.76 bits per heavy atom. The standard InChI is InChI=1S/C45H42N4/c1-3-5-7-31-9-13-35(14-10-31)45-48-43-41-29-36(33-21-25-46-26-22-33)15-19-39(41)40-20-16-37(34-23-27-47-28-24-34)30-42(40)44(43)49(45)38-17-11-32(12-18-38)8-6-4-2/h9-11,13-17,19-30H,3-8,12,18H2,1-2H3. The third kappa shape index (κ3) is 5.97. The summed E-state index contributed by atoms with van der Waals surface area (Å²) in [5.41, 5.74) is 12.3. The van der Waals surface area contributed by atoms with Crippen LogP contribution in [0, 0.1) is 0 Å². The molecule has 0 amide bonds. The zero-order valence-electron chi connectivity index (χ0n) is 28.5. The molecule has 4 heteroatoms. The zero-order chi connectivity index (χ0) is 33.2. The minimum absolute atomic E-state index is 0.989. The van der Waals surface area contributed by atoms with Crippen molar-refractivity contribution in [3.8, 4) is 33.6 Å². The van der Waals surface area contributed by atoms with Gasteiger partial charge in [0.1, 0.15) is 5.82 Å². The summed E-state index contributed by atoms with van der Waals surface area (Å²) in [6.07, 6.45) is 21.4. The lowest BCUT2D eigenvalue weighted by Crippen LogP contribution is -2.04. The number of nitrogens with zero attached hydrogens (tertiary/aromatic N) is 4. The number of aromatic nitrogens is 4. The number of hydrogen-bond acceptors (Lipinski definition) is 3. The molecule has 3 aromatic heterocycles. The number of rotatable bonds is 10. The maximum absolute atomic E-state index is 5.61. The van der Waals surface area contributed by atoms with Crippen LogP contribution in [0.3, 0.4) is 0 Å². The number of fused-ring (bicyclic) bond motifs is 6. The van der Waals surface area contributed by atoms with Gasteiger partial charge in [0.15, 0.2) is 0 Å². The number of unbranched alkanes of at least 4 members (excludes halogenated alkanes) is 2. The smallest absolute Gasteiger partial charge is 0.145 e. The van der Waals surface area contributed by atoms with Crippen LogP contribution in [0.5, 0.6) is 0 Å². The van der Waals surface area contributed by atoms with Crippen LogP contribution in [0.25, 0.3) is 71.9 Å². The summed E-state index contributed by atoms with van der Waals surface area (Å²) in [6, 6.07) is 31.3. The van der Waals surface area contributed by atoms with E-state index in [1.54, 1.807) is 5.57 Å². The maximum Gasteiger partial charge on any atom is 0.145 e. The highest BCUT2D eigenvalue weighted by Crippen LogP contribution is 2.43. The van der Waals surface area contributed by atoms with Gasteiger partial charge in [-0.15, -0.1) is 0 Å². The van der Waals surface area contributed by atoms with Gasteiger partial charge in [0, 0.05) is 46.8 Å². The summed E-state index contributed by atoms with van der Waals surface area (Å²) in [6.45, 7) is 4.53. The van der Waals surface area contributed by atoms with Gasteiger partial charge in [-0.1, -0.05) is 86.9 Å². The van der Waals surface area contributed by atoms with E-state index >= 15 is 0 Å². The molecule has 4 aromatic carbocycles. The normalized spacial score (nSPS) is 13.3. The van der Waals surface area contributed by atoms with Gasteiger partial charge in [-0.3, -0.25) is 14.5 Å². The topological polar surface area (TPSA) is 43.6 Å². The Kier molecular flexibility index (Phi) is 8.62. The van der Waals surface area contributed by atoms with E-state index in [0.717, 1.165) is 47.3 Å². The quantitative estimate of drug-likeness (QED) is 0.140. The molecule has 8 rings (SSSR count). The lowest BCUT2D eigenvalue weighted by atomic mass is 9.93. The molecule has 3 heterocycles. The number of aryl methyl sites for hydroxylation is 1. The molecule has 242 valence electrons. The van der Waals surface area contributed by atoms with E-state index in [0.29, 0.717) is 0 Å². The van der Waals surface area contributed by atoms with Crippen molar-refractivity contribution in [2.75, 3.05) is 0 Å². The van der Waals surface area contributed by atoms with Crippen molar-refractivity contribution in [3.63, 3.8) is 0 Å². The molecule has 1 aliphatic carbocycles. The average molecular weight is 639 g/mol. The maximum atomic E-state index is 5.61. The Hall–Kier alpha value is -5.35. The van der Waals surface area contributed by atoms with E-state index in [1.165, 1.54) is 81.6 Å². The van der Waals surface area contributed by atoms with Crippen LogP contribution in [0.15, 0.2) is 127 Å². The van der Waals surface area contributed by atoms with Gasteiger partial charge in [0.05, 0.1) is 11.0 Å². The van der Waals surface area contributed by atoms with Gasteiger partial charge >= 0.3 is 0 Å². The predicted molar refractivity (Wildman–Crippen MR) is 206 cm³/mol. The van der Waals surface area contributed by atoms with Crippen LogP contribution in [-0.2, 0) is 6.42 Å². The van der Waals surface area contributed by atoms with Crippen LogP contribution in [0.2, 0.25) is 0 Å². The Balaban J connectivity index is 1.45. The molecule has 7 aromatic rings. The molecule has 0 saturated carbocycles. The van der Waals surface area contributed by atoms with Crippen LogP contribution >= 0.6 is 0 Å². The summed E-state index contributed by atoms with van der Waals surface area (Å²) in [7, 11) is 0. The number of hydrogen-bond donors (Lipinski definition) is 0. The summed E-state index contributed by atoms with van der Waals surface area (Å²) < 4.78 is 2.49. The third-order valence-corrected chi connectivity index (χ3v) is 10.1.